The van der Waals surface area contributed by atoms with Crippen molar-refractivity contribution in [3.8, 4) is 0 Å². The number of methoxy groups -OCH3 is 1. The molecular weight excluding hydrogens is 174 g/mol. The van der Waals surface area contributed by atoms with E-state index in [4.69, 9.17) is 4.74 Å². The highest BCUT2D eigenvalue weighted by molar-refractivity contribution is 4.80. The SMILES string of the molecule is CCCC(OC)C(CCC1CC1)NC. The predicted molar refractivity (Wildman–Crippen MR) is 60.5 cm³/mol. The Labute approximate surface area is 88.4 Å². The van der Waals surface area contributed by atoms with Crippen molar-refractivity contribution in [1.82, 2.24) is 5.32 Å². The third kappa shape index (κ3) is 3.97. The molecule has 2 nitrogen and oxygen atoms in total. The van der Waals surface area contributed by atoms with Gasteiger partial charge in [-0.3, -0.25) is 0 Å². The normalized spacial score (nSPS) is 20.8. The van der Waals surface area contributed by atoms with Crippen LogP contribution in [0.15, 0.2) is 0 Å². The smallest absolute Gasteiger partial charge is 0.0724 e. The monoisotopic (exact) mass is 199 g/mol. The highest BCUT2D eigenvalue weighted by Crippen LogP contribution is 2.34. The van der Waals surface area contributed by atoms with Crippen molar-refractivity contribution < 1.29 is 4.74 Å². The molecular formula is C12H25NO. The van der Waals surface area contributed by atoms with Crippen LogP contribution in [0.5, 0.6) is 0 Å². The number of likely N-dealkylation sites (N-methyl/N-ethyl adjacent to an activating group) is 1. The first-order valence-corrected chi connectivity index (χ1v) is 6.01. The standard InChI is InChI=1S/C12H25NO/c1-4-5-12(14-3)11(13-2)9-8-10-6-7-10/h10-13H,4-9H2,1-3H3. The van der Waals surface area contributed by atoms with Gasteiger partial charge in [0.25, 0.3) is 0 Å². The molecule has 2 unspecified atom stereocenters. The van der Waals surface area contributed by atoms with Crippen LogP contribution in [0.25, 0.3) is 0 Å². The minimum atomic E-state index is 0.406. The summed E-state index contributed by atoms with van der Waals surface area (Å²) in [5.41, 5.74) is 0. The predicted octanol–water partition coefficient (Wildman–Crippen LogP) is 2.58. The molecule has 0 heterocycles. The Morgan fingerprint density at radius 3 is 2.50 bits per heavy atom. The summed E-state index contributed by atoms with van der Waals surface area (Å²) in [7, 11) is 3.89. The topological polar surface area (TPSA) is 21.3 Å². The number of hydrogen-bond donors (Lipinski definition) is 1. The first-order valence-electron chi connectivity index (χ1n) is 6.01. The van der Waals surface area contributed by atoms with Gasteiger partial charge < -0.3 is 10.1 Å². The molecule has 0 aromatic heterocycles. The van der Waals surface area contributed by atoms with Gasteiger partial charge in [-0.1, -0.05) is 26.2 Å². The molecule has 0 spiro atoms. The Morgan fingerprint density at radius 2 is 2.07 bits per heavy atom. The third-order valence-corrected chi connectivity index (χ3v) is 3.28. The molecule has 0 saturated heterocycles. The van der Waals surface area contributed by atoms with E-state index in [0.29, 0.717) is 12.1 Å². The molecule has 0 aromatic rings. The summed E-state index contributed by atoms with van der Waals surface area (Å²) in [6.45, 7) is 2.22. The molecule has 0 aromatic carbocycles. The summed E-state index contributed by atoms with van der Waals surface area (Å²) in [4.78, 5) is 0. The first kappa shape index (κ1) is 12.0. The van der Waals surface area contributed by atoms with Crippen molar-refractivity contribution in [3.05, 3.63) is 0 Å². The Hall–Kier alpha value is -0.0800. The van der Waals surface area contributed by atoms with Crippen molar-refractivity contribution >= 4 is 0 Å². The summed E-state index contributed by atoms with van der Waals surface area (Å²) in [5, 5.41) is 3.40. The third-order valence-electron chi connectivity index (χ3n) is 3.28. The fraction of sp³-hybridized carbons (Fsp3) is 1.00. The van der Waals surface area contributed by atoms with E-state index in [1.165, 1.54) is 38.5 Å². The molecule has 2 heteroatoms. The summed E-state index contributed by atoms with van der Waals surface area (Å²) >= 11 is 0. The van der Waals surface area contributed by atoms with Gasteiger partial charge in [0.05, 0.1) is 6.10 Å². The Bertz CT molecular complexity index is 145. The van der Waals surface area contributed by atoms with Crippen molar-refractivity contribution in [2.24, 2.45) is 5.92 Å². The van der Waals surface area contributed by atoms with Crippen molar-refractivity contribution in [2.45, 2.75) is 57.6 Å². The highest BCUT2D eigenvalue weighted by Gasteiger charge is 2.25. The van der Waals surface area contributed by atoms with Crippen LogP contribution in [0.2, 0.25) is 0 Å². The summed E-state index contributed by atoms with van der Waals surface area (Å²) < 4.78 is 5.53. The van der Waals surface area contributed by atoms with Crippen LogP contribution in [0, 0.1) is 5.92 Å². The van der Waals surface area contributed by atoms with E-state index in [-0.39, 0.29) is 0 Å². The maximum atomic E-state index is 5.53. The van der Waals surface area contributed by atoms with Crippen LogP contribution in [0.4, 0.5) is 0 Å². The number of nitrogens with one attached hydrogen (secondary N) is 1. The molecule has 84 valence electrons. The lowest BCUT2D eigenvalue weighted by Crippen LogP contribution is -2.38. The first-order chi connectivity index (χ1) is 6.81. The fourth-order valence-corrected chi connectivity index (χ4v) is 2.11. The zero-order valence-electron chi connectivity index (χ0n) is 9.88. The van der Waals surface area contributed by atoms with Crippen molar-refractivity contribution in [1.29, 1.82) is 0 Å². The molecule has 1 N–H and O–H groups in total. The van der Waals surface area contributed by atoms with Gasteiger partial charge in [-0.05, 0) is 32.2 Å². The van der Waals surface area contributed by atoms with E-state index in [2.05, 4.69) is 19.3 Å². The largest absolute Gasteiger partial charge is 0.380 e. The minimum absolute atomic E-state index is 0.406. The molecule has 0 radical (unpaired) electrons. The van der Waals surface area contributed by atoms with Crippen LogP contribution >= 0.6 is 0 Å². The average molecular weight is 199 g/mol. The maximum absolute atomic E-state index is 5.53. The second-order valence-corrected chi connectivity index (χ2v) is 4.48. The Balaban J connectivity index is 2.24. The molecule has 0 aliphatic heterocycles. The van der Waals surface area contributed by atoms with E-state index < -0.39 is 0 Å². The summed E-state index contributed by atoms with van der Waals surface area (Å²) in [5.74, 6) is 1.03. The van der Waals surface area contributed by atoms with E-state index >= 15 is 0 Å². The minimum Gasteiger partial charge on any atom is -0.380 e. The molecule has 0 amide bonds. The summed E-state index contributed by atoms with van der Waals surface area (Å²) in [6, 6.07) is 0.556. The van der Waals surface area contributed by atoms with E-state index in [1.54, 1.807) is 0 Å². The highest BCUT2D eigenvalue weighted by atomic mass is 16.5. The van der Waals surface area contributed by atoms with Crippen LogP contribution in [0.1, 0.15) is 45.4 Å². The zero-order chi connectivity index (χ0) is 10.4. The Kier molecular flexibility index (Phi) is 5.49. The molecule has 2 atom stereocenters. The van der Waals surface area contributed by atoms with Crippen molar-refractivity contribution in [2.75, 3.05) is 14.2 Å². The lowest BCUT2D eigenvalue weighted by atomic mass is 10.00. The van der Waals surface area contributed by atoms with Gasteiger partial charge in [0.2, 0.25) is 0 Å². The van der Waals surface area contributed by atoms with E-state index in [1.807, 2.05) is 7.11 Å². The van der Waals surface area contributed by atoms with Gasteiger partial charge in [0.15, 0.2) is 0 Å². The fourth-order valence-electron chi connectivity index (χ4n) is 2.11. The second kappa shape index (κ2) is 6.41. The lowest BCUT2D eigenvalue weighted by Gasteiger charge is -2.25. The molecule has 0 bridgehead atoms. The van der Waals surface area contributed by atoms with Gasteiger partial charge in [-0.25, -0.2) is 0 Å². The Morgan fingerprint density at radius 1 is 1.36 bits per heavy atom. The van der Waals surface area contributed by atoms with Gasteiger partial charge in [-0.2, -0.15) is 0 Å². The molecule has 1 saturated carbocycles. The number of rotatable bonds is 8. The quantitative estimate of drug-likeness (QED) is 0.649. The van der Waals surface area contributed by atoms with Gasteiger partial charge in [0.1, 0.15) is 0 Å². The van der Waals surface area contributed by atoms with Gasteiger partial charge in [-0.15, -0.1) is 0 Å². The number of ether oxygens (including phenoxy) is 1. The molecule has 1 fully saturated rings. The van der Waals surface area contributed by atoms with Crippen LogP contribution < -0.4 is 5.32 Å². The van der Waals surface area contributed by atoms with Gasteiger partial charge >= 0.3 is 0 Å². The average Bonchev–Trinajstić information content (AvgIpc) is 3.00. The second-order valence-electron chi connectivity index (χ2n) is 4.48. The van der Waals surface area contributed by atoms with Crippen LogP contribution in [-0.2, 0) is 4.74 Å². The van der Waals surface area contributed by atoms with Crippen LogP contribution in [-0.4, -0.2) is 26.3 Å². The zero-order valence-corrected chi connectivity index (χ0v) is 9.88. The van der Waals surface area contributed by atoms with E-state index in [0.717, 1.165) is 5.92 Å². The number of hydrogen-bond acceptors (Lipinski definition) is 2. The van der Waals surface area contributed by atoms with E-state index in [9.17, 15) is 0 Å². The molecule has 14 heavy (non-hydrogen) atoms. The summed E-state index contributed by atoms with van der Waals surface area (Å²) in [6.07, 6.45) is 8.37. The van der Waals surface area contributed by atoms with Crippen molar-refractivity contribution in [3.63, 3.8) is 0 Å². The molecule has 1 aliphatic carbocycles. The molecule has 1 rings (SSSR count). The lowest BCUT2D eigenvalue weighted by molar-refractivity contribution is 0.0595. The van der Waals surface area contributed by atoms with Gasteiger partial charge in [0, 0.05) is 13.2 Å². The molecule has 1 aliphatic rings. The van der Waals surface area contributed by atoms with Crippen LogP contribution in [0.3, 0.4) is 0 Å². The maximum Gasteiger partial charge on any atom is 0.0724 e.